The lowest BCUT2D eigenvalue weighted by Crippen LogP contribution is -2.47. The number of hydrogen-bond acceptors (Lipinski definition) is 3. The molecule has 0 radical (unpaired) electrons. The summed E-state index contributed by atoms with van der Waals surface area (Å²) in [7, 11) is 0. The third kappa shape index (κ3) is 3.26. The molecule has 0 aromatic heterocycles. The molecule has 5 nitrogen and oxygen atoms in total. The molecule has 0 heterocycles. The van der Waals surface area contributed by atoms with Crippen LogP contribution >= 0.6 is 0 Å². The normalized spacial score (nSPS) is 32.5. The van der Waals surface area contributed by atoms with Crippen LogP contribution in [0.5, 0.6) is 0 Å². The quantitative estimate of drug-likeness (QED) is 0.602. The fourth-order valence-electron chi connectivity index (χ4n) is 3.62. The van der Waals surface area contributed by atoms with E-state index in [1.54, 1.807) is 0 Å². The maximum absolute atomic E-state index is 11.6. The molecule has 4 unspecified atom stereocenters. The number of fused-ring (bicyclic) bond motifs is 2. The van der Waals surface area contributed by atoms with Gasteiger partial charge in [-0.2, -0.15) is 0 Å². The molecule has 0 aromatic carbocycles. The molecule has 0 aromatic rings. The van der Waals surface area contributed by atoms with Gasteiger partial charge in [-0.25, -0.2) is 0 Å². The van der Waals surface area contributed by atoms with E-state index in [0.29, 0.717) is 18.4 Å². The maximum atomic E-state index is 11.6. The van der Waals surface area contributed by atoms with Crippen molar-refractivity contribution in [3.63, 3.8) is 0 Å². The summed E-state index contributed by atoms with van der Waals surface area (Å²) in [6, 6.07) is -0.0202. The molecule has 2 fully saturated rings. The lowest BCUT2D eigenvalue weighted by Gasteiger charge is -2.28. The molecule has 0 aliphatic heterocycles. The number of amides is 1. The highest BCUT2D eigenvalue weighted by Crippen LogP contribution is 2.48. The second-order valence-corrected chi connectivity index (χ2v) is 5.81. The van der Waals surface area contributed by atoms with Gasteiger partial charge in [-0.05, 0) is 37.5 Å². The van der Waals surface area contributed by atoms with Crippen LogP contribution in [-0.2, 0) is 9.59 Å². The van der Waals surface area contributed by atoms with Crippen LogP contribution in [0, 0.1) is 17.8 Å². The summed E-state index contributed by atoms with van der Waals surface area (Å²) in [5.41, 5.74) is 0. The predicted molar refractivity (Wildman–Crippen MR) is 71.7 cm³/mol. The largest absolute Gasteiger partial charge is 0.481 e. The van der Waals surface area contributed by atoms with Gasteiger partial charge in [-0.3, -0.25) is 9.59 Å². The first kappa shape index (κ1) is 14.3. The standard InChI is InChI=1S/C14H24N2O3/c1-2-3-6-15-11(17)8-16-13-10-5-4-9(7-10)12(13)14(18)19/h9-10,12-13,16H,2-8H2,1H3,(H,15,17)(H,18,19). The van der Waals surface area contributed by atoms with Crippen LogP contribution in [0.25, 0.3) is 0 Å². The van der Waals surface area contributed by atoms with E-state index in [4.69, 9.17) is 0 Å². The van der Waals surface area contributed by atoms with Gasteiger partial charge in [0.25, 0.3) is 0 Å². The molecule has 2 aliphatic carbocycles. The highest BCUT2D eigenvalue weighted by atomic mass is 16.4. The number of carboxylic acid groups (broad SMARTS) is 1. The maximum Gasteiger partial charge on any atom is 0.308 e. The lowest BCUT2D eigenvalue weighted by atomic mass is 9.84. The summed E-state index contributed by atoms with van der Waals surface area (Å²) in [4.78, 5) is 23.0. The van der Waals surface area contributed by atoms with E-state index in [9.17, 15) is 14.7 Å². The fourth-order valence-corrected chi connectivity index (χ4v) is 3.62. The van der Waals surface area contributed by atoms with Gasteiger partial charge in [-0.1, -0.05) is 13.3 Å². The molecule has 1 amide bonds. The Balaban J connectivity index is 1.78. The van der Waals surface area contributed by atoms with Gasteiger partial charge in [-0.15, -0.1) is 0 Å². The second-order valence-electron chi connectivity index (χ2n) is 5.81. The Labute approximate surface area is 114 Å². The monoisotopic (exact) mass is 268 g/mol. The first-order chi connectivity index (χ1) is 9.13. The molecule has 2 saturated carbocycles. The van der Waals surface area contributed by atoms with Crippen LogP contribution in [0.2, 0.25) is 0 Å². The van der Waals surface area contributed by atoms with Gasteiger partial charge < -0.3 is 15.7 Å². The number of carbonyl (C=O) groups excluding carboxylic acids is 1. The van der Waals surface area contributed by atoms with Gasteiger partial charge >= 0.3 is 5.97 Å². The average molecular weight is 268 g/mol. The van der Waals surface area contributed by atoms with E-state index >= 15 is 0 Å². The van der Waals surface area contributed by atoms with Crippen molar-refractivity contribution < 1.29 is 14.7 Å². The first-order valence-corrected chi connectivity index (χ1v) is 7.36. The molecule has 0 spiro atoms. The minimum absolute atomic E-state index is 0.0202. The number of aliphatic carboxylic acids is 1. The zero-order valence-corrected chi connectivity index (χ0v) is 11.5. The van der Waals surface area contributed by atoms with E-state index in [-0.39, 0.29) is 24.4 Å². The molecule has 3 N–H and O–H groups in total. The van der Waals surface area contributed by atoms with Crippen molar-refractivity contribution >= 4 is 11.9 Å². The Morgan fingerprint density at radius 2 is 2.00 bits per heavy atom. The van der Waals surface area contributed by atoms with Crippen LogP contribution in [0.15, 0.2) is 0 Å². The number of hydrogen-bond donors (Lipinski definition) is 3. The minimum atomic E-state index is -0.712. The number of rotatable bonds is 7. The Kier molecular flexibility index (Phi) is 4.80. The fraction of sp³-hybridized carbons (Fsp3) is 0.857. The van der Waals surface area contributed by atoms with Crippen molar-refractivity contribution in [2.75, 3.05) is 13.1 Å². The summed E-state index contributed by atoms with van der Waals surface area (Å²) in [5, 5.41) is 15.3. The summed E-state index contributed by atoms with van der Waals surface area (Å²) in [5.74, 6) is -0.295. The third-order valence-electron chi connectivity index (χ3n) is 4.55. The minimum Gasteiger partial charge on any atom is -0.481 e. The van der Waals surface area contributed by atoms with E-state index in [1.165, 1.54) is 0 Å². The Hall–Kier alpha value is -1.10. The van der Waals surface area contributed by atoms with E-state index < -0.39 is 5.97 Å². The summed E-state index contributed by atoms with van der Waals surface area (Å²) in [6.07, 6.45) is 5.18. The highest BCUT2D eigenvalue weighted by Gasteiger charge is 2.50. The van der Waals surface area contributed by atoms with E-state index in [1.807, 2.05) is 0 Å². The molecule has 19 heavy (non-hydrogen) atoms. The first-order valence-electron chi connectivity index (χ1n) is 7.36. The Morgan fingerprint density at radius 1 is 1.26 bits per heavy atom. The summed E-state index contributed by atoms with van der Waals surface area (Å²) < 4.78 is 0. The average Bonchev–Trinajstić information content (AvgIpc) is 2.96. The Bertz CT molecular complexity index is 346. The molecule has 2 rings (SSSR count). The van der Waals surface area contributed by atoms with Crippen molar-refractivity contribution in [1.82, 2.24) is 10.6 Å². The predicted octanol–water partition coefficient (Wildman–Crippen LogP) is 0.992. The van der Waals surface area contributed by atoms with Crippen molar-refractivity contribution in [3.05, 3.63) is 0 Å². The Morgan fingerprint density at radius 3 is 2.68 bits per heavy atom. The summed E-state index contributed by atoms with van der Waals surface area (Å²) >= 11 is 0. The SMILES string of the molecule is CCCCNC(=O)CNC1C2CCC(C2)C1C(=O)O. The van der Waals surface area contributed by atoms with Crippen LogP contribution < -0.4 is 10.6 Å². The lowest BCUT2D eigenvalue weighted by molar-refractivity contribution is -0.144. The van der Waals surface area contributed by atoms with E-state index in [0.717, 1.165) is 32.1 Å². The van der Waals surface area contributed by atoms with Gasteiger partial charge in [0.15, 0.2) is 0 Å². The number of nitrogens with one attached hydrogen (secondary N) is 2. The molecule has 5 heteroatoms. The van der Waals surface area contributed by atoms with Gasteiger partial charge in [0.05, 0.1) is 12.5 Å². The molecule has 4 atom stereocenters. The zero-order chi connectivity index (χ0) is 13.8. The molecule has 2 aliphatic rings. The number of carbonyl (C=O) groups is 2. The zero-order valence-electron chi connectivity index (χ0n) is 11.5. The molecular weight excluding hydrogens is 244 g/mol. The van der Waals surface area contributed by atoms with Gasteiger partial charge in [0, 0.05) is 12.6 Å². The van der Waals surface area contributed by atoms with Gasteiger partial charge in [0.1, 0.15) is 0 Å². The van der Waals surface area contributed by atoms with Crippen molar-refractivity contribution in [1.29, 1.82) is 0 Å². The van der Waals surface area contributed by atoms with Crippen molar-refractivity contribution in [2.24, 2.45) is 17.8 Å². The van der Waals surface area contributed by atoms with Crippen LogP contribution in [0.3, 0.4) is 0 Å². The second kappa shape index (κ2) is 6.37. The van der Waals surface area contributed by atoms with E-state index in [2.05, 4.69) is 17.6 Å². The highest BCUT2D eigenvalue weighted by molar-refractivity contribution is 5.78. The summed E-state index contributed by atoms with van der Waals surface area (Å²) in [6.45, 7) is 3.02. The molecule has 0 saturated heterocycles. The number of carboxylic acids is 1. The van der Waals surface area contributed by atoms with Gasteiger partial charge in [0.2, 0.25) is 5.91 Å². The number of unbranched alkanes of at least 4 members (excludes halogenated alkanes) is 1. The topological polar surface area (TPSA) is 78.4 Å². The molecular formula is C14H24N2O3. The van der Waals surface area contributed by atoms with Crippen molar-refractivity contribution in [3.8, 4) is 0 Å². The third-order valence-corrected chi connectivity index (χ3v) is 4.55. The van der Waals surface area contributed by atoms with Crippen LogP contribution in [0.1, 0.15) is 39.0 Å². The van der Waals surface area contributed by atoms with Crippen LogP contribution in [0.4, 0.5) is 0 Å². The molecule has 2 bridgehead atoms. The smallest absolute Gasteiger partial charge is 0.308 e. The molecule has 108 valence electrons. The van der Waals surface area contributed by atoms with Crippen molar-refractivity contribution in [2.45, 2.75) is 45.1 Å². The van der Waals surface area contributed by atoms with Crippen LogP contribution in [-0.4, -0.2) is 36.1 Å².